The van der Waals surface area contributed by atoms with Gasteiger partial charge in [0, 0.05) is 5.56 Å². The smallest absolute Gasteiger partial charge is 0.338 e. The maximum atomic E-state index is 12.3. The minimum Gasteiger partial charge on any atom is -0.497 e. The zero-order chi connectivity index (χ0) is 22.2. The third-order valence-corrected chi connectivity index (χ3v) is 4.84. The number of carbonyl (C=O) groups excluding carboxylic acids is 2. The van der Waals surface area contributed by atoms with Gasteiger partial charge in [0.2, 0.25) is 0 Å². The standard InChI is InChI=1S/C25H25NO5/c1-17(22-15-21(29-2)13-14-23(22)30-3)26-24(27)16-31-25(28)20-11-9-19(10-12-20)18-7-5-4-6-8-18/h4-15,17H,16H2,1-3H3,(H,26,27)/t17-/m0/s1. The van der Waals surface area contributed by atoms with E-state index < -0.39 is 11.9 Å². The van der Waals surface area contributed by atoms with Crippen molar-refractivity contribution in [1.29, 1.82) is 0 Å². The number of hydrogen-bond acceptors (Lipinski definition) is 5. The van der Waals surface area contributed by atoms with Gasteiger partial charge in [-0.15, -0.1) is 0 Å². The molecule has 31 heavy (non-hydrogen) atoms. The first-order valence-corrected chi connectivity index (χ1v) is 9.85. The van der Waals surface area contributed by atoms with Crippen molar-refractivity contribution in [3.05, 3.63) is 83.9 Å². The molecule has 3 rings (SSSR count). The van der Waals surface area contributed by atoms with Gasteiger partial charge in [0.25, 0.3) is 5.91 Å². The van der Waals surface area contributed by atoms with E-state index in [4.69, 9.17) is 14.2 Å². The Labute approximate surface area is 181 Å². The Kier molecular flexibility index (Phi) is 7.27. The fourth-order valence-electron chi connectivity index (χ4n) is 3.18. The number of amides is 1. The van der Waals surface area contributed by atoms with Gasteiger partial charge in [-0.25, -0.2) is 4.79 Å². The number of hydrogen-bond donors (Lipinski definition) is 1. The van der Waals surface area contributed by atoms with Crippen molar-refractivity contribution in [3.63, 3.8) is 0 Å². The van der Waals surface area contributed by atoms with Crippen LogP contribution >= 0.6 is 0 Å². The number of ether oxygens (including phenoxy) is 3. The monoisotopic (exact) mass is 419 g/mol. The maximum absolute atomic E-state index is 12.3. The molecule has 0 aliphatic heterocycles. The van der Waals surface area contributed by atoms with E-state index in [-0.39, 0.29) is 12.6 Å². The predicted octanol–water partition coefficient (Wildman–Crippen LogP) is 4.41. The van der Waals surface area contributed by atoms with Gasteiger partial charge in [-0.1, -0.05) is 42.5 Å². The summed E-state index contributed by atoms with van der Waals surface area (Å²) in [7, 11) is 3.13. The molecule has 0 aromatic heterocycles. The van der Waals surface area contributed by atoms with Crippen LogP contribution in [0.3, 0.4) is 0 Å². The van der Waals surface area contributed by atoms with Gasteiger partial charge in [-0.3, -0.25) is 4.79 Å². The van der Waals surface area contributed by atoms with Crippen molar-refractivity contribution < 1.29 is 23.8 Å². The second-order valence-electron chi connectivity index (χ2n) is 6.92. The Bertz CT molecular complexity index is 1030. The molecular formula is C25H25NO5. The molecule has 1 N–H and O–H groups in total. The minimum atomic E-state index is -0.554. The van der Waals surface area contributed by atoms with Crippen molar-refractivity contribution in [2.45, 2.75) is 13.0 Å². The topological polar surface area (TPSA) is 73.9 Å². The van der Waals surface area contributed by atoms with Crippen molar-refractivity contribution in [3.8, 4) is 22.6 Å². The van der Waals surface area contributed by atoms with Gasteiger partial charge in [0.1, 0.15) is 11.5 Å². The summed E-state index contributed by atoms with van der Waals surface area (Å²) in [6, 6.07) is 21.9. The molecule has 1 atom stereocenters. The number of rotatable bonds is 8. The van der Waals surface area contributed by atoms with Crippen molar-refractivity contribution in [2.24, 2.45) is 0 Å². The third kappa shape index (κ3) is 5.63. The average Bonchev–Trinajstić information content (AvgIpc) is 2.82. The Morgan fingerprint density at radius 3 is 2.19 bits per heavy atom. The number of nitrogens with one attached hydrogen (secondary N) is 1. The van der Waals surface area contributed by atoms with Crippen LogP contribution in [0.2, 0.25) is 0 Å². The first kappa shape index (κ1) is 21.9. The lowest BCUT2D eigenvalue weighted by Gasteiger charge is -2.18. The molecule has 0 heterocycles. The van der Waals surface area contributed by atoms with Gasteiger partial charge >= 0.3 is 5.97 Å². The fraction of sp³-hybridized carbons (Fsp3) is 0.200. The summed E-state index contributed by atoms with van der Waals surface area (Å²) in [6.45, 7) is 1.44. The first-order chi connectivity index (χ1) is 15.0. The fourth-order valence-corrected chi connectivity index (χ4v) is 3.18. The number of benzene rings is 3. The molecule has 3 aromatic carbocycles. The lowest BCUT2D eigenvalue weighted by atomic mass is 10.0. The molecule has 0 aliphatic carbocycles. The molecule has 0 aliphatic rings. The average molecular weight is 419 g/mol. The molecule has 0 fully saturated rings. The summed E-state index contributed by atoms with van der Waals surface area (Å²) in [5, 5.41) is 2.81. The van der Waals surface area contributed by atoms with E-state index in [1.165, 1.54) is 0 Å². The second-order valence-corrected chi connectivity index (χ2v) is 6.92. The molecule has 0 spiro atoms. The van der Waals surface area contributed by atoms with Gasteiger partial charge in [-0.2, -0.15) is 0 Å². The van der Waals surface area contributed by atoms with Gasteiger partial charge < -0.3 is 19.5 Å². The van der Waals surface area contributed by atoms with E-state index in [9.17, 15) is 9.59 Å². The van der Waals surface area contributed by atoms with E-state index in [0.717, 1.165) is 16.7 Å². The summed E-state index contributed by atoms with van der Waals surface area (Å²) >= 11 is 0. The van der Waals surface area contributed by atoms with E-state index in [1.807, 2.05) is 49.4 Å². The Morgan fingerprint density at radius 2 is 1.55 bits per heavy atom. The number of carbonyl (C=O) groups is 2. The molecular weight excluding hydrogens is 394 g/mol. The third-order valence-electron chi connectivity index (χ3n) is 4.84. The quantitative estimate of drug-likeness (QED) is 0.548. The zero-order valence-electron chi connectivity index (χ0n) is 17.8. The predicted molar refractivity (Wildman–Crippen MR) is 118 cm³/mol. The molecule has 3 aromatic rings. The van der Waals surface area contributed by atoms with E-state index in [1.54, 1.807) is 44.6 Å². The van der Waals surface area contributed by atoms with Crippen LogP contribution in [0.1, 0.15) is 28.9 Å². The summed E-state index contributed by atoms with van der Waals surface area (Å²) in [6.07, 6.45) is 0. The SMILES string of the molecule is COc1ccc(OC)c([C@H](C)NC(=O)COC(=O)c2ccc(-c3ccccc3)cc2)c1. The van der Waals surface area contributed by atoms with Gasteiger partial charge in [0.05, 0.1) is 25.8 Å². The van der Waals surface area contributed by atoms with Crippen LogP contribution in [-0.4, -0.2) is 32.7 Å². The molecule has 0 bridgehead atoms. The molecule has 1 amide bonds. The molecule has 0 unspecified atom stereocenters. The normalized spacial score (nSPS) is 11.3. The highest BCUT2D eigenvalue weighted by Crippen LogP contribution is 2.29. The Hall–Kier alpha value is -3.80. The summed E-state index contributed by atoms with van der Waals surface area (Å²) in [4.78, 5) is 24.6. The Balaban J connectivity index is 1.56. The van der Waals surface area contributed by atoms with Crippen molar-refractivity contribution in [2.75, 3.05) is 20.8 Å². The second kappa shape index (κ2) is 10.3. The molecule has 0 radical (unpaired) electrons. The molecule has 0 saturated heterocycles. The summed E-state index contributed by atoms with van der Waals surface area (Å²) in [5.74, 6) is 0.319. The molecule has 0 saturated carbocycles. The van der Waals surface area contributed by atoms with Crippen molar-refractivity contribution in [1.82, 2.24) is 5.32 Å². The van der Waals surface area contributed by atoms with Crippen LogP contribution in [0.15, 0.2) is 72.8 Å². The van der Waals surface area contributed by atoms with Gasteiger partial charge in [-0.05, 0) is 48.4 Å². The lowest BCUT2D eigenvalue weighted by Crippen LogP contribution is -2.31. The van der Waals surface area contributed by atoms with Crippen LogP contribution in [0, 0.1) is 0 Å². The highest BCUT2D eigenvalue weighted by Gasteiger charge is 2.17. The highest BCUT2D eigenvalue weighted by atomic mass is 16.5. The molecule has 6 heteroatoms. The molecule has 6 nitrogen and oxygen atoms in total. The van der Waals surface area contributed by atoms with Crippen molar-refractivity contribution >= 4 is 11.9 Å². The zero-order valence-corrected chi connectivity index (χ0v) is 17.8. The Morgan fingerprint density at radius 1 is 0.871 bits per heavy atom. The highest BCUT2D eigenvalue weighted by molar-refractivity contribution is 5.92. The van der Waals surface area contributed by atoms with E-state index in [0.29, 0.717) is 17.1 Å². The minimum absolute atomic E-state index is 0.360. The number of methoxy groups -OCH3 is 2. The van der Waals surface area contributed by atoms with Crippen LogP contribution in [0.5, 0.6) is 11.5 Å². The largest absolute Gasteiger partial charge is 0.497 e. The van der Waals surface area contributed by atoms with E-state index >= 15 is 0 Å². The van der Waals surface area contributed by atoms with Crippen LogP contribution < -0.4 is 14.8 Å². The van der Waals surface area contributed by atoms with Gasteiger partial charge in [0.15, 0.2) is 6.61 Å². The van der Waals surface area contributed by atoms with E-state index in [2.05, 4.69) is 5.32 Å². The first-order valence-electron chi connectivity index (χ1n) is 9.85. The van der Waals surface area contributed by atoms with Crippen LogP contribution in [0.25, 0.3) is 11.1 Å². The van der Waals surface area contributed by atoms with Crippen LogP contribution in [0.4, 0.5) is 0 Å². The number of esters is 1. The summed E-state index contributed by atoms with van der Waals surface area (Å²) < 4.78 is 15.8. The van der Waals surface area contributed by atoms with Crippen LogP contribution in [-0.2, 0) is 9.53 Å². The summed E-state index contributed by atoms with van der Waals surface area (Å²) in [5.41, 5.74) is 3.20. The molecule has 160 valence electrons. The maximum Gasteiger partial charge on any atom is 0.338 e. The lowest BCUT2D eigenvalue weighted by molar-refractivity contribution is -0.124.